The van der Waals surface area contributed by atoms with Gasteiger partial charge in [-0.3, -0.25) is 5.10 Å². The molecule has 1 N–H and O–H groups in total. The molecule has 0 aliphatic heterocycles. The summed E-state index contributed by atoms with van der Waals surface area (Å²) in [7, 11) is 1.98. The van der Waals surface area contributed by atoms with Crippen LogP contribution in [0, 0.1) is 0 Å². The predicted octanol–water partition coefficient (Wildman–Crippen LogP) is 1.64. The van der Waals surface area contributed by atoms with Crippen molar-refractivity contribution in [2.24, 2.45) is 0 Å². The molecule has 0 spiro atoms. The molecular weight excluding hydrogens is 218 g/mol. The fourth-order valence-electron chi connectivity index (χ4n) is 1.30. The van der Waals surface area contributed by atoms with Crippen molar-refractivity contribution in [3.63, 3.8) is 0 Å². The Balaban J connectivity index is 2.58. The lowest BCUT2D eigenvalue weighted by Gasteiger charge is -2.02. The molecule has 0 atom stereocenters. The summed E-state index contributed by atoms with van der Waals surface area (Å²) in [5.41, 5.74) is 2.83. The van der Waals surface area contributed by atoms with Gasteiger partial charge in [-0.05, 0) is 23.7 Å². The summed E-state index contributed by atoms with van der Waals surface area (Å²) in [6, 6.07) is 5.39. The SMILES string of the molecule is Bc1c[nH]nc1-c1ccc(Cl)cc1Cl. The Morgan fingerprint density at radius 1 is 1.29 bits per heavy atom. The molecule has 1 aromatic heterocycles. The molecule has 0 saturated heterocycles. The summed E-state index contributed by atoms with van der Waals surface area (Å²) in [5.74, 6) is 0. The zero-order valence-corrected chi connectivity index (χ0v) is 9.02. The van der Waals surface area contributed by atoms with Crippen molar-refractivity contribution < 1.29 is 0 Å². The Kier molecular flexibility index (Phi) is 2.53. The van der Waals surface area contributed by atoms with E-state index in [0.29, 0.717) is 10.0 Å². The Morgan fingerprint density at radius 2 is 2.07 bits per heavy atom. The molecule has 0 saturated carbocycles. The van der Waals surface area contributed by atoms with E-state index in [1.165, 1.54) is 0 Å². The quantitative estimate of drug-likeness (QED) is 0.734. The van der Waals surface area contributed by atoms with E-state index >= 15 is 0 Å². The Morgan fingerprint density at radius 3 is 2.64 bits per heavy atom. The molecule has 2 aromatic rings. The number of rotatable bonds is 1. The van der Waals surface area contributed by atoms with E-state index in [1.54, 1.807) is 12.1 Å². The average Bonchev–Trinajstić information content (AvgIpc) is 2.52. The van der Waals surface area contributed by atoms with Crippen LogP contribution in [0.4, 0.5) is 0 Å². The molecule has 0 aliphatic rings. The molecule has 1 heterocycles. The highest BCUT2D eigenvalue weighted by molar-refractivity contribution is 6.39. The second kappa shape index (κ2) is 3.68. The third-order valence-corrected chi connectivity index (χ3v) is 2.56. The van der Waals surface area contributed by atoms with Crippen LogP contribution in [0.25, 0.3) is 11.3 Å². The lowest BCUT2D eigenvalue weighted by Crippen LogP contribution is -2.02. The maximum Gasteiger partial charge on any atom is 0.144 e. The fraction of sp³-hybridized carbons (Fsp3) is 0. The maximum absolute atomic E-state index is 6.05. The molecule has 14 heavy (non-hydrogen) atoms. The van der Waals surface area contributed by atoms with Crippen molar-refractivity contribution in [2.45, 2.75) is 0 Å². The van der Waals surface area contributed by atoms with Gasteiger partial charge >= 0.3 is 0 Å². The number of H-pyrrole nitrogens is 1. The van der Waals surface area contributed by atoms with Gasteiger partial charge in [0.1, 0.15) is 7.85 Å². The standard InChI is InChI=1S/C9H7BCl2N2/c10-7-4-13-14-9(7)6-2-1-5(11)3-8(6)12/h1-4H,10H2,(H,13,14). The lowest BCUT2D eigenvalue weighted by molar-refractivity contribution is 1.10. The molecule has 0 radical (unpaired) electrons. The van der Waals surface area contributed by atoms with Gasteiger partial charge in [-0.2, -0.15) is 5.10 Å². The highest BCUT2D eigenvalue weighted by atomic mass is 35.5. The number of nitrogens with one attached hydrogen (secondary N) is 1. The average molecular weight is 225 g/mol. The van der Waals surface area contributed by atoms with Gasteiger partial charge in [-0.1, -0.05) is 23.2 Å². The second-order valence-electron chi connectivity index (χ2n) is 3.04. The van der Waals surface area contributed by atoms with Crippen molar-refractivity contribution in [2.75, 3.05) is 0 Å². The zero-order chi connectivity index (χ0) is 10.1. The third-order valence-electron chi connectivity index (χ3n) is 2.02. The second-order valence-corrected chi connectivity index (χ2v) is 3.88. The van der Waals surface area contributed by atoms with Crippen LogP contribution in [0.3, 0.4) is 0 Å². The first-order valence-corrected chi connectivity index (χ1v) is 4.90. The Bertz CT molecular complexity index is 468. The minimum Gasteiger partial charge on any atom is -0.286 e. The molecule has 2 rings (SSSR count). The Hall–Kier alpha value is -0.925. The van der Waals surface area contributed by atoms with Crippen LogP contribution in [0.5, 0.6) is 0 Å². The molecule has 1 aromatic carbocycles. The molecule has 0 bridgehead atoms. The van der Waals surface area contributed by atoms with Crippen LogP contribution < -0.4 is 5.46 Å². The minimum atomic E-state index is 0.618. The Labute approximate surface area is 92.6 Å². The number of aromatic nitrogens is 2. The van der Waals surface area contributed by atoms with E-state index in [0.717, 1.165) is 16.7 Å². The minimum absolute atomic E-state index is 0.618. The van der Waals surface area contributed by atoms with E-state index in [-0.39, 0.29) is 0 Å². The van der Waals surface area contributed by atoms with Gasteiger partial charge in [-0.25, -0.2) is 0 Å². The van der Waals surface area contributed by atoms with E-state index in [1.807, 2.05) is 20.1 Å². The monoisotopic (exact) mass is 224 g/mol. The van der Waals surface area contributed by atoms with Crippen molar-refractivity contribution in [3.8, 4) is 11.3 Å². The third kappa shape index (κ3) is 1.65. The maximum atomic E-state index is 6.05. The summed E-state index contributed by atoms with van der Waals surface area (Å²) in [4.78, 5) is 0. The number of nitrogens with zero attached hydrogens (tertiary/aromatic N) is 1. The van der Waals surface area contributed by atoms with Gasteiger partial charge in [-0.15, -0.1) is 0 Å². The molecule has 2 nitrogen and oxygen atoms in total. The van der Waals surface area contributed by atoms with Crippen molar-refractivity contribution in [3.05, 3.63) is 34.4 Å². The van der Waals surface area contributed by atoms with Gasteiger partial charge in [0, 0.05) is 16.8 Å². The molecule has 5 heteroatoms. The van der Waals surface area contributed by atoms with E-state index in [9.17, 15) is 0 Å². The van der Waals surface area contributed by atoms with Crippen LogP contribution in [0.15, 0.2) is 24.4 Å². The zero-order valence-electron chi connectivity index (χ0n) is 7.51. The van der Waals surface area contributed by atoms with Crippen molar-refractivity contribution >= 4 is 36.5 Å². The summed E-state index contributed by atoms with van der Waals surface area (Å²) in [5, 5.41) is 8.17. The number of halogens is 2. The predicted molar refractivity (Wildman–Crippen MR) is 62.2 cm³/mol. The van der Waals surface area contributed by atoms with Crippen LogP contribution in [0.2, 0.25) is 10.0 Å². The molecule has 0 aliphatic carbocycles. The largest absolute Gasteiger partial charge is 0.286 e. The first-order chi connectivity index (χ1) is 6.68. The fourth-order valence-corrected chi connectivity index (χ4v) is 1.80. The number of hydrogen-bond donors (Lipinski definition) is 1. The van der Waals surface area contributed by atoms with Gasteiger partial charge < -0.3 is 0 Å². The number of hydrogen-bond acceptors (Lipinski definition) is 1. The molecule has 70 valence electrons. The smallest absolute Gasteiger partial charge is 0.144 e. The molecule has 0 fully saturated rings. The molecular formula is C9H7BCl2N2. The van der Waals surface area contributed by atoms with Crippen molar-refractivity contribution in [1.29, 1.82) is 0 Å². The van der Waals surface area contributed by atoms with Crippen LogP contribution in [-0.2, 0) is 0 Å². The first-order valence-electron chi connectivity index (χ1n) is 4.14. The highest BCUT2D eigenvalue weighted by Crippen LogP contribution is 2.27. The number of benzene rings is 1. The highest BCUT2D eigenvalue weighted by Gasteiger charge is 2.08. The summed E-state index contributed by atoms with van der Waals surface area (Å²) >= 11 is 11.9. The summed E-state index contributed by atoms with van der Waals surface area (Å²) < 4.78 is 0. The molecule has 0 unspecified atom stereocenters. The summed E-state index contributed by atoms with van der Waals surface area (Å²) in [6.45, 7) is 0. The van der Waals surface area contributed by atoms with Crippen LogP contribution in [-0.4, -0.2) is 18.0 Å². The lowest BCUT2D eigenvalue weighted by atomic mass is 9.94. The van der Waals surface area contributed by atoms with Gasteiger partial charge in [0.25, 0.3) is 0 Å². The number of aromatic amines is 1. The summed E-state index contributed by atoms with van der Waals surface area (Å²) in [6.07, 6.45) is 1.83. The van der Waals surface area contributed by atoms with Gasteiger partial charge in [0.2, 0.25) is 0 Å². The van der Waals surface area contributed by atoms with Gasteiger partial charge in [0.15, 0.2) is 0 Å². The van der Waals surface area contributed by atoms with E-state index in [4.69, 9.17) is 23.2 Å². The van der Waals surface area contributed by atoms with Gasteiger partial charge in [0.05, 0.1) is 10.7 Å². The van der Waals surface area contributed by atoms with Crippen LogP contribution in [0.1, 0.15) is 0 Å². The molecule has 0 amide bonds. The normalized spacial score (nSPS) is 10.4. The van der Waals surface area contributed by atoms with Crippen molar-refractivity contribution in [1.82, 2.24) is 10.2 Å². The first kappa shape index (κ1) is 9.62. The van der Waals surface area contributed by atoms with Crippen LogP contribution >= 0.6 is 23.2 Å². The van der Waals surface area contributed by atoms with E-state index in [2.05, 4.69) is 10.2 Å². The topological polar surface area (TPSA) is 28.7 Å². The van der Waals surface area contributed by atoms with E-state index < -0.39 is 0 Å².